The summed E-state index contributed by atoms with van der Waals surface area (Å²) in [6.07, 6.45) is 1.01. The molecule has 2 N–H and O–H groups in total. The van der Waals surface area contributed by atoms with E-state index in [1.54, 1.807) is 12.1 Å². The predicted molar refractivity (Wildman–Crippen MR) is 111 cm³/mol. The fourth-order valence-electron chi connectivity index (χ4n) is 2.88. The molecule has 27 heavy (non-hydrogen) atoms. The van der Waals surface area contributed by atoms with Crippen molar-refractivity contribution in [3.05, 3.63) is 60.7 Å². The Morgan fingerprint density at radius 1 is 1.00 bits per heavy atom. The van der Waals surface area contributed by atoms with E-state index in [2.05, 4.69) is 37.4 Å². The molecule has 0 bridgehead atoms. The third-order valence-electron chi connectivity index (χ3n) is 4.49. The highest BCUT2D eigenvalue weighted by atomic mass is 16.5. The van der Waals surface area contributed by atoms with Crippen LogP contribution in [0.25, 0.3) is 22.4 Å². The van der Waals surface area contributed by atoms with E-state index in [0.29, 0.717) is 12.6 Å². The van der Waals surface area contributed by atoms with Gasteiger partial charge < -0.3 is 15.2 Å². The van der Waals surface area contributed by atoms with E-state index in [1.165, 1.54) is 0 Å². The maximum absolute atomic E-state index is 9.59. The van der Waals surface area contributed by atoms with E-state index in [-0.39, 0.29) is 5.75 Å². The number of nitrogens with zero attached hydrogens (tertiary/aromatic N) is 1. The van der Waals surface area contributed by atoms with Crippen LogP contribution in [-0.2, 0) is 0 Å². The second-order valence-electron chi connectivity index (χ2n) is 6.56. The number of anilines is 1. The fraction of sp³-hybridized carbons (Fsp3) is 0.261. The lowest BCUT2D eigenvalue weighted by Gasteiger charge is -2.16. The van der Waals surface area contributed by atoms with Crippen LogP contribution in [0.4, 0.5) is 5.82 Å². The van der Waals surface area contributed by atoms with Crippen LogP contribution in [0.3, 0.4) is 0 Å². The van der Waals surface area contributed by atoms with Gasteiger partial charge >= 0.3 is 0 Å². The summed E-state index contributed by atoms with van der Waals surface area (Å²) in [6.45, 7) is 6.89. The topological polar surface area (TPSA) is 54.4 Å². The van der Waals surface area contributed by atoms with Crippen LogP contribution in [-0.4, -0.2) is 22.7 Å². The summed E-state index contributed by atoms with van der Waals surface area (Å²) in [6, 6.07) is 19.6. The number of rotatable bonds is 7. The molecule has 3 rings (SSSR count). The zero-order valence-corrected chi connectivity index (χ0v) is 16.1. The van der Waals surface area contributed by atoms with Gasteiger partial charge in [-0.25, -0.2) is 4.98 Å². The highest BCUT2D eigenvalue weighted by Gasteiger charge is 2.12. The number of para-hydroxylation sites is 1. The Hall–Kier alpha value is -3.01. The van der Waals surface area contributed by atoms with Crippen LogP contribution >= 0.6 is 0 Å². The molecule has 0 radical (unpaired) electrons. The van der Waals surface area contributed by atoms with Gasteiger partial charge in [-0.15, -0.1) is 0 Å². The first-order chi connectivity index (χ1) is 13.1. The van der Waals surface area contributed by atoms with Crippen molar-refractivity contribution >= 4 is 5.82 Å². The van der Waals surface area contributed by atoms with Crippen molar-refractivity contribution in [2.24, 2.45) is 0 Å². The average molecular weight is 362 g/mol. The summed E-state index contributed by atoms with van der Waals surface area (Å²) >= 11 is 0. The Morgan fingerprint density at radius 2 is 1.74 bits per heavy atom. The molecule has 1 unspecified atom stereocenters. The van der Waals surface area contributed by atoms with Crippen molar-refractivity contribution in [2.75, 3.05) is 11.9 Å². The van der Waals surface area contributed by atoms with Crippen molar-refractivity contribution in [1.29, 1.82) is 0 Å². The smallest absolute Gasteiger partial charge is 0.127 e. The predicted octanol–water partition coefficient (Wildman–Crippen LogP) is 5.73. The van der Waals surface area contributed by atoms with Gasteiger partial charge in [0.1, 0.15) is 17.3 Å². The number of aromatic nitrogens is 1. The summed E-state index contributed by atoms with van der Waals surface area (Å²) in [5.41, 5.74) is 3.89. The largest absolute Gasteiger partial charge is 0.508 e. The summed E-state index contributed by atoms with van der Waals surface area (Å²) in [4.78, 5) is 4.79. The van der Waals surface area contributed by atoms with Crippen LogP contribution in [0, 0.1) is 0 Å². The molecular weight excluding hydrogens is 336 g/mol. The second-order valence-corrected chi connectivity index (χ2v) is 6.56. The monoisotopic (exact) mass is 362 g/mol. The third-order valence-corrected chi connectivity index (χ3v) is 4.49. The van der Waals surface area contributed by atoms with Gasteiger partial charge in [0.15, 0.2) is 0 Å². The van der Waals surface area contributed by atoms with Crippen molar-refractivity contribution in [1.82, 2.24) is 4.98 Å². The van der Waals surface area contributed by atoms with E-state index in [1.807, 2.05) is 37.3 Å². The van der Waals surface area contributed by atoms with E-state index in [0.717, 1.165) is 40.4 Å². The van der Waals surface area contributed by atoms with E-state index >= 15 is 0 Å². The van der Waals surface area contributed by atoms with E-state index in [9.17, 15) is 5.11 Å². The van der Waals surface area contributed by atoms with Gasteiger partial charge in [-0.1, -0.05) is 25.1 Å². The molecule has 140 valence electrons. The first-order valence-electron chi connectivity index (χ1n) is 9.41. The van der Waals surface area contributed by atoms with Crippen LogP contribution in [0.15, 0.2) is 60.7 Å². The SMILES string of the molecule is CCOc1ccccc1-c1cc(NC(C)CC)nc(-c2ccc(O)cc2)c1. The van der Waals surface area contributed by atoms with Crippen molar-refractivity contribution in [3.63, 3.8) is 0 Å². The molecule has 1 aromatic heterocycles. The zero-order chi connectivity index (χ0) is 19.2. The molecule has 0 saturated heterocycles. The summed E-state index contributed by atoms with van der Waals surface area (Å²) in [5, 5.41) is 13.1. The molecule has 0 saturated carbocycles. The van der Waals surface area contributed by atoms with Gasteiger partial charge in [0.2, 0.25) is 0 Å². The van der Waals surface area contributed by atoms with Gasteiger partial charge in [0.25, 0.3) is 0 Å². The molecule has 2 aromatic carbocycles. The zero-order valence-electron chi connectivity index (χ0n) is 16.1. The second kappa shape index (κ2) is 8.58. The molecular formula is C23H26N2O2. The summed E-state index contributed by atoms with van der Waals surface area (Å²) in [7, 11) is 0. The number of hydrogen-bond donors (Lipinski definition) is 2. The Labute approximate surface area is 160 Å². The molecule has 1 atom stereocenters. The molecule has 0 spiro atoms. The summed E-state index contributed by atoms with van der Waals surface area (Å²) < 4.78 is 5.82. The minimum Gasteiger partial charge on any atom is -0.508 e. The highest BCUT2D eigenvalue weighted by molar-refractivity contribution is 5.77. The molecule has 0 aliphatic rings. The van der Waals surface area contributed by atoms with Crippen LogP contribution < -0.4 is 10.1 Å². The molecule has 4 heteroatoms. The number of hydrogen-bond acceptors (Lipinski definition) is 4. The van der Waals surface area contributed by atoms with Crippen LogP contribution in [0.5, 0.6) is 11.5 Å². The fourth-order valence-corrected chi connectivity index (χ4v) is 2.88. The average Bonchev–Trinajstić information content (AvgIpc) is 2.69. The quantitative estimate of drug-likeness (QED) is 0.563. The molecule has 0 aliphatic heterocycles. The lowest BCUT2D eigenvalue weighted by atomic mass is 10.0. The number of pyridine rings is 1. The normalized spacial score (nSPS) is 11.8. The van der Waals surface area contributed by atoms with Gasteiger partial charge in [0, 0.05) is 17.2 Å². The van der Waals surface area contributed by atoms with Gasteiger partial charge in [-0.05, 0) is 68.3 Å². The van der Waals surface area contributed by atoms with Gasteiger partial charge in [-0.3, -0.25) is 0 Å². The maximum atomic E-state index is 9.59. The molecule has 3 aromatic rings. The van der Waals surface area contributed by atoms with E-state index < -0.39 is 0 Å². The molecule has 4 nitrogen and oxygen atoms in total. The van der Waals surface area contributed by atoms with E-state index in [4.69, 9.17) is 9.72 Å². The molecule has 0 aliphatic carbocycles. The Bertz CT molecular complexity index is 891. The van der Waals surface area contributed by atoms with Gasteiger partial charge in [0.05, 0.1) is 12.3 Å². The Balaban J connectivity index is 2.11. The minimum atomic E-state index is 0.245. The number of phenols is 1. The van der Waals surface area contributed by atoms with Crippen molar-refractivity contribution < 1.29 is 9.84 Å². The van der Waals surface area contributed by atoms with Crippen molar-refractivity contribution in [2.45, 2.75) is 33.2 Å². The maximum Gasteiger partial charge on any atom is 0.127 e. The number of phenolic OH excluding ortho intramolecular Hbond substituents is 1. The molecule has 0 fully saturated rings. The first-order valence-corrected chi connectivity index (χ1v) is 9.41. The summed E-state index contributed by atoms with van der Waals surface area (Å²) in [5.74, 6) is 1.93. The third kappa shape index (κ3) is 4.59. The lowest BCUT2D eigenvalue weighted by molar-refractivity contribution is 0.341. The Kier molecular flexibility index (Phi) is 5.97. The Morgan fingerprint density at radius 3 is 2.44 bits per heavy atom. The number of nitrogens with one attached hydrogen (secondary N) is 1. The van der Waals surface area contributed by atoms with Crippen LogP contribution in [0.2, 0.25) is 0 Å². The van der Waals surface area contributed by atoms with Crippen LogP contribution in [0.1, 0.15) is 27.2 Å². The molecule has 1 heterocycles. The standard InChI is InChI=1S/C23H26N2O2/c1-4-16(3)24-23-15-18(20-8-6-7-9-22(20)27-5-2)14-21(25-23)17-10-12-19(26)13-11-17/h6-16,26H,4-5H2,1-3H3,(H,24,25). The lowest BCUT2D eigenvalue weighted by Crippen LogP contribution is -2.14. The van der Waals surface area contributed by atoms with Crippen molar-refractivity contribution in [3.8, 4) is 33.9 Å². The highest BCUT2D eigenvalue weighted by Crippen LogP contribution is 2.34. The number of ether oxygens (including phenoxy) is 1. The van der Waals surface area contributed by atoms with Gasteiger partial charge in [-0.2, -0.15) is 0 Å². The number of aromatic hydroxyl groups is 1. The first kappa shape index (κ1) is 18.8. The molecule has 0 amide bonds. The minimum absolute atomic E-state index is 0.245. The number of benzene rings is 2.